The lowest BCUT2D eigenvalue weighted by molar-refractivity contribution is 0.477. The molecule has 0 aliphatic carbocycles. The summed E-state index contributed by atoms with van der Waals surface area (Å²) in [5.74, 6) is 0.623. The molecule has 0 bridgehead atoms. The maximum atomic E-state index is 4.56. The molecule has 5 nitrogen and oxygen atoms in total. The highest BCUT2D eigenvalue weighted by Gasteiger charge is 2.05. The standard InChI is InChI=1S/C15H25N5/c1-5-19-11-14(13(4)17-19)8-16-9-15-6-7-20(18-15)10-12(2)3/h6-7,11-12,16H,5,8-10H2,1-4H3. The van der Waals surface area contributed by atoms with E-state index in [4.69, 9.17) is 0 Å². The quantitative estimate of drug-likeness (QED) is 0.844. The Morgan fingerprint density at radius 3 is 2.65 bits per heavy atom. The topological polar surface area (TPSA) is 47.7 Å². The van der Waals surface area contributed by atoms with Crippen LogP contribution in [-0.2, 0) is 26.2 Å². The molecular formula is C15H25N5. The van der Waals surface area contributed by atoms with Gasteiger partial charge in [-0.3, -0.25) is 9.36 Å². The van der Waals surface area contributed by atoms with Gasteiger partial charge in [0.25, 0.3) is 0 Å². The molecule has 0 atom stereocenters. The van der Waals surface area contributed by atoms with Gasteiger partial charge in [-0.05, 0) is 25.8 Å². The average Bonchev–Trinajstić information content (AvgIpc) is 2.96. The highest BCUT2D eigenvalue weighted by atomic mass is 15.3. The summed E-state index contributed by atoms with van der Waals surface area (Å²) in [5, 5.41) is 12.4. The molecule has 2 aromatic rings. The van der Waals surface area contributed by atoms with Crippen molar-refractivity contribution in [2.24, 2.45) is 5.92 Å². The van der Waals surface area contributed by atoms with Crippen LogP contribution in [0.2, 0.25) is 0 Å². The highest BCUT2D eigenvalue weighted by molar-refractivity contribution is 5.15. The van der Waals surface area contributed by atoms with Gasteiger partial charge in [0, 0.05) is 44.1 Å². The summed E-state index contributed by atoms with van der Waals surface area (Å²) in [5.41, 5.74) is 3.45. The van der Waals surface area contributed by atoms with Gasteiger partial charge < -0.3 is 5.32 Å². The molecule has 0 aliphatic rings. The van der Waals surface area contributed by atoms with Gasteiger partial charge in [0.2, 0.25) is 0 Å². The van der Waals surface area contributed by atoms with Crippen molar-refractivity contribution < 1.29 is 0 Å². The SMILES string of the molecule is CCn1cc(CNCc2ccn(CC(C)C)n2)c(C)n1. The van der Waals surface area contributed by atoms with Crippen molar-refractivity contribution >= 4 is 0 Å². The Kier molecular flexibility index (Phi) is 4.95. The van der Waals surface area contributed by atoms with Crippen LogP contribution in [0.1, 0.15) is 37.7 Å². The fourth-order valence-corrected chi connectivity index (χ4v) is 2.19. The number of rotatable bonds is 7. The van der Waals surface area contributed by atoms with Gasteiger partial charge in [0.05, 0.1) is 11.4 Å². The molecule has 0 saturated carbocycles. The maximum absolute atomic E-state index is 4.56. The number of nitrogens with one attached hydrogen (secondary N) is 1. The molecule has 0 amide bonds. The van der Waals surface area contributed by atoms with Gasteiger partial charge in [-0.25, -0.2) is 0 Å². The summed E-state index contributed by atoms with van der Waals surface area (Å²) in [6.45, 7) is 12.1. The summed E-state index contributed by atoms with van der Waals surface area (Å²) in [6.07, 6.45) is 4.16. The van der Waals surface area contributed by atoms with Crippen molar-refractivity contribution in [3.8, 4) is 0 Å². The van der Waals surface area contributed by atoms with E-state index in [0.717, 1.165) is 37.6 Å². The number of aryl methyl sites for hydroxylation is 2. The van der Waals surface area contributed by atoms with Crippen molar-refractivity contribution in [2.45, 2.75) is 53.9 Å². The molecule has 0 spiro atoms. The van der Waals surface area contributed by atoms with Crippen LogP contribution in [0, 0.1) is 12.8 Å². The van der Waals surface area contributed by atoms with Gasteiger partial charge in [-0.1, -0.05) is 13.8 Å². The number of hydrogen-bond donors (Lipinski definition) is 1. The van der Waals surface area contributed by atoms with E-state index in [2.05, 4.69) is 61.7 Å². The van der Waals surface area contributed by atoms with Crippen LogP contribution < -0.4 is 5.32 Å². The number of aromatic nitrogens is 4. The fraction of sp³-hybridized carbons (Fsp3) is 0.600. The second-order valence-corrected chi connectivity index (χ2v) is 5.62. The van der Waals surface area contributed by atoms with Crippen LogP contribution in [0.5, 0.6) is 0 Å². The lowest BCUT2D eigenvalue weighted by atomic mass is 10.2. The van der Waals surface area contributed by atoms with Gasteiger partial charge in [-0.15, -0.1) is 0 Å². The zero-order valence-electron chi connectivity index (χ0n) is 12.9. The minimum Gasteiger partial charge on any atom is -0.307 e. The van der Waals surface area contributed by atoms with Gasteiger partial charge in [-0.2, -0.15) is 10.2 Å². The van der Waals surface area contributed by atoms with Crippen LogP contribution in [0.4, 0.5) is 0 Å². The highest BCUT2D eigenvalue weighted by Crippen LogP contribution is 2.06. The third-order valence-corrected chi connectivity index (χ3v) is 3.24. The fourth-order valence-electron chi connectivity index (χ4n) is 2.19. The molecule has 20 heavy (non-hydrogen) atoms. The molecule has 0 unspecified atom stereocenters. The third-order valence-electron chi connectivity index (χ3n) is 3.24. The summed E-state index contributed by atoms with van der Waals surface area (Å²) >= 11 is 0. The lowest BCUT2D eigenvalue weighted by Gasteiger charge is -2.04. The van der Waals surface area contributed by atoms with E-state index in [1.54, 1.807) is 0 Å². The summed E-state index contributed by atoms with van der Waals surface area (Å²) < 4.78 is 3.99. The predicted octanol–water partition coefficient (Wildman–Crippen LogP) is 2.35. The Bertz CT molecular complexity index is 538. The zero-order chi connectivity index (χ0) is 14.5. The Labute approximate surface area is 121 Å². The van der Waals surface area contributed by atoms with E-state index in [0.29, 0.717) is 5.92 Å². The van der Waals surface area contributed by atoms with Gasteiger partial charge in [0.15, 0.2) is 0 Å². The Balaban J connectivity index is 1.83. The summed E-state index contributed by atoms with van der Waals surface area (Å²) in [7, 11) is 0. The van der Waals surface area contributed by atoms with Crippen molar-refractivity contribution in [2.75, 3.05) is 0 Å². The van der Waals surface area contributed by atoms with Crippen LogP contribution in [-0.4, -0.2) is 19.6 Å². The van der Waals surface area contributed by atoms with Gasteiger partial charge >= 0.3 is 0 Å². The second-order valence-electron chi connectivity index (χ2n) is 5.62. The number of nitrogens with zero attached hydrogens (tertiary/aromatic N) is 4. The molecular weight excluding hydrogens is 250 g/mol. The van der Waals surface area contributed by atoms with Gasteiger partial charge in [0.1, 0.15) is 0 Å². The molecule has 0 aromatic carbocycles. The lowest BCUT2D eigenvalue weighted by Crippen LogP contribution is -2.14. The van der Waals surface area contributed by atoms with E-state index in [1.165, 1.54) is 5.56 Å². The molecule has 110 valence electrons. The zero-order valence-corrected chi connectivity index (χ0v) is 12.9. The minimum absolute atomic E-state index is 0.623. The molecule has 2 rings (SSSR count). The molecule has 2 aromatic heterocycles. The van der Waals surface area contributed by atoms with E-state index in [9.17, 15) is 0 Å². The Morgan fingerprint density at radius 2 is 2.00 bits per heavy atom. The molecule has 0 aliphatic heterocycles. The van der Waals surface area contributed by atoms with E-state index in [-0.39, 0.29) is 0 Å². The van der Waals surface area contributed by atoms with Crippen LogP contribution in [0.25, 0.3) is 0 Å². The van der Waals surface area contributed by atoms with E-state index < -0.39 is 0 Å². The smallest absolute Gasteiger partial charge is 0.0762 e. The Morgan fingerprint density at radius 1 is 1.20 bits per heavy atom. The summed E-state index contributed by atoms with van der Waals surface area (Å²) in [6, 6.07) is 2.08. The van der Waals surface area contributed by atoms with Crippen molar-refractivity contribution in [1.82, 2.24) is 24.9 Å². The van der Waals surface area contributed by atoms with Crippen molar-refractivity contribution in [3.63, 3.8) is 0 Å². The molecule has 0 radical (unpaired) electrons. The van der Waals surface area contributed by atoms with Crippen LogP contribution >= 0.6 is 0 Å². The first kappa shape index (κ1) is 14.8. The van der Waals surface area contributed by atoms with E-state index in [1.807, 2.05) is 9.36 Å². The van der Waals surface area contributed by atoms with Crippen LogP contribution in [0.15, 0.2) is 18.5 Å². The largest absolute Gasteiger partial charge is 0.307 e. The van der Waals surface area contributed by atoms with Crippen molar-refractivity contribution in [3.05, 3.63) is 35.4 Å². The molecule has 1 N–H and O–H groups in total. The van der Waals surface area contributed by atoms with Crippen LogP contribution in [0.3, 0.4) is 0 Å². The normalized spacial score (nSPS) is 11.4. The van der Waals surface area contributed by atoms with Crippen molar-refractivity contribution in [1.29, 1.82) is 0 Å². The monoisotopic (exact) mass is 275 g/mol. The molecule has 5 heteroatoms. The second kappa shape index (κ2) is 6.70. The molecule has 2 heterocycles. The number of hydrogen-bond acceptors (Lipinski definition) is 3. The average molecular weight is 275 g/mol. The maximum Gasteiger partial charge on any atom is 0.0762 e. The van der Waals surface area contributed by atoms with E-state index >= 15 is 0 Å². The molecule has 0 fully saturated rings. The first-order valence-electron chi connectivity index (χ1n) is 7.34. The molecule has 0 saturated heterocycles. The first-order chi connectivity index (χ1) is 9.58. The minimum atomic E-state index is 0.623. The predicted molar refractivity (Wildman–Crippen MR) is 80.2 cm³/mol. The first-order valence-corrected chi connectivity index (χ1v) is 7.34. The third kappa shape index (κ3) is 3.93. The Hall–Kier alpha value is -1.62. The summed E-state index contributed by atoms with van der Waals surface area (Å²) in [4.78, 5) is 0.